The summed E-state index contributed by atoms with van der Waals surface area (Å²) in [6.07, 6.45) is 0. The molecule has 0 bridgehead atoms. The number of aromatic nitrogens is 1. The van der Waals surface area contributed by atoms with Gasteiger partial charge >= 0.3 is 0 Å². The number of fused-ring (bicyclic) bond motifs is 1. The van der Waals surface area contributed by atoms with Crippen LogP contribution in [0, 0.1) is 11.3 Å². The number of rotatable bonds is 2. The van der Waals surface area contributed by atoms with E-state index >= 15 is 0 Å². The van der Waals surface area contributed by atoms with E-state index in [1.807, 2.05) is 41.9 Å². The van der Waals surface area contributed by atoms with Crippen LogP contribution in [-0.4, -0.2) is 10.5 Å². The van der Waals surface area contributed by atoms with Crippen molar-refractivity contribution in [3.05, 3.63) is 64.5 Å². The van der Waals surface area contributed by atoms with Crippen LogP contribution < -0.4 is 10.2 Å². The number of para-hydroxylation sites is 1. The highest BCUT2D eigenvalue weighted by Gasteiger charge is 2.05. The minimum atomic E-state index is -0.304. The predicted octanol–water partition coefficient (Wildman–Crippen LogP) is 2.36. The Labute approximate surface area is 130 Å². The molecule has 2 aromatic carbocycles. The van der Waals surface area contributed by atoms with Gasteiger partial charge in [-0.2, -0.15) is 5.26 Å². The monoisotopic (exact) mass is 308 g/mol. The number of hydrogen-bond acceptors (Lipinski definition) is 4. The molecule has 0 radical (unpaired) electrons. The molecule has 0 atom stereocenters. The van der Waals surface area contributed by atoms with Gasteiger partial charge in [0.05, 0.1) is 21.8 Å². The number of benzene rings is 2. The molecule has 0 aliphatic rings. The Morgan fingerprint density at radius 1 is 1.23 bits per heavy atom. The first-order valence-electron chi connectivity index (χ1n) is 6.58. The van der Waals surface area contributed by atoms with Gasteiger partial charge in [-0.1, -0.05) is 23.5 Å². The maximum absolute atomic E-state index is 12.1. The van der Waals surface area contributed by atoms with E-state index in [0.29, 0.717) is 15.9 Å². The summed E-state index contributed by atoms with van der Waals surface area (Å²) >= 11 is 1.51. The number of thiazole rings is 1. The summed E-state index contributed by atoms with van der Waals surface area (Å²) in [6.45, 7) is 0. The zero-order chi connectivity index (χ0) is 15.5. The molecule has 0 saturated carbocycles. The highest BCUT2D eigenvalue weighted by molar-refractivity contribution is 7.16. The van der Waals surface area contributed by atoms with Crippen molar-refractivity contribution in [3.63, 3.8) is 0 Å². The van der Waals surface area contributed by atoms with Crippen LogP contribution in [0.15, 0.2) is 53.6 Å². The maximum atomic E-state index is 12.1. The quantitative estimate of drug-likeness (QED) is 0.738. The molecule has 3 rings (SSSR count). The fourth-order valence-electron chi connectivity index (χ4n) is 2.05. The number of hydrogen-bond donors (Lipinski definition) is 1. The summed E-state index contributed by atoms with van der Waals surface area (Å²) in [5, 5.41) is 12.9. The molecule has 1 amide bonds. The van der Waals surface area contributed by atoms with E-state index in [1.165, 1.54) is 11.3 Å². The second-order valence-corrected chi connectivity index (χ2v) is 5.66. The van der Waals surface area contributed by atoms with Crippen molar-refractivity contribution < 1.29 is 4.79 Å². The second kappa shape index (κ2) is 5.84. The first-order chi connectivity index (χ1) is 10.7. The normalized spacial score (nSPS) is 11.4. The van der Waals surface area contributed by atoms with Crippen LogP contribution in [0.25, 0.3) is 10.2 Å². The fourth-order valence-corrected chi connectivity index (χ4v) is 3.03. The molecule has 22 heavy (non-hydrogen) atoms. The van der Waals surface area contributed by atoms with E-state index in [2.05, 4.69) is 10.5 Å². The number of nitriles is 1. The molecule has 0 aliphatic carbocycles. The van der Waals surface area contributed by atoms with E-state index in [1.54, 1.807) is 24.3 Å². The van der Waals surface area contributed by atoms with E-state index in [9.17, 15) is 4.79 Å². The summed E-state index contributed by atoms with van der Waals surface area (Å²) in [5.41, 5.74) is 4.60. The first-order valence-corrected chi connectivity index (χ1v) is 7.39. The number of carbonyl (C=O) groups is 1. The summed E-state index contributed by atoms with van der Waals surface area (Å²) in [4.78, 5) is 12.8. The first kappa shape index (κ1) is 14.0. The van der Waals surface area contributed by atoms with Gasteiger partial charge in [-0.15, -0.1) is 5.10 Å². The molecule has 0 unspecified atom stereocenters. The molecule has 1 N–H and O–H groups in total. The smallest absolute Gasteiger partial charge is 0.271 e. The third-order valence-electron chi connectivity index (χ3n) is 3.24. The Hall–Kier alpha value is -2.91. The number of nitrogens with zero attached hydrogens (tertiary/aromatic N) is 3. The van der Waals surface area contributed by atoms with Crippen LogP contribution in [0.4, 0.5) is 0 Å². The molecule has 0 spiro atoms. The van der Waals surface area contributed by atoms with E-state index in [4.69, 9.17) is 5.26 Å². The number of aryl methyl sites for hydroxylation is 1. The summed E-state index contributed by atoms with van der Waals surface area (Å²) in [5.74, 6) is -0.304. The zero-order valence-corrected chi connectivity index (χ0v) is 12.6. The molecule has 0 aliphatic heterocycles. The average Bonchev–Trinajstić information content (AvgIpc) is 2.89. The van der Waals surface area contributed by atoms with Gasteiger partial charge in [0.2, 0.25) is 4.80 Å². The molecule has 1 aromatic heterocycles. The van der Waals surface area contributed by atoms with Gasteiger partial charge in [0.1, 0.15) is 0 Å². The van der Waals surface area contributed by atoms with Crippen LogP contribution in [0.2, 0.25) is 0 Å². The van der Waals surface area contributed by atoms with Gasteiger partial charge in [0.25, 0.3) is 5.91 Å². The topological polar surface area (TPSA) is 70.2 Å². The van der Waals surface area contributed by atoms with Crippen molar-refractivity contribution in [2.75, 3.05) is 0 Å². The lowest BCUT2D eigenvalue weighted by Gasteiger charge is -1.99. The van der Waals surface area contributed by atoms with Crippen LogP contribution in [0.3, 0.4) is 0 Å². The van der Waals surface area contributed by atoms with Crippen molar-refractivity contribution in [2.45, 2.75) is 0 Å². The van der Waals surface area contributed by atoms with Gasteiger partial charge in [0.15, 0.2) is 0 Å². The molecule has 0 fully saturated rings. The molecule has 1 heterocycles. The second-order valence-electron chi connectivity index (χ2n) is 4.65. The Morgan fingerprint density at radius 3 is 2.64 bits per heavy atom. The molecular weight excluding hydrogens is 296 g/mol. The molecule has 108 valence electrons. The van der Waals surface area contributed by atoms with Gasteiger partial charge in [-0.05, 0) is 36.4 Å². The Morgan fingerprint density at radius 2 is 1.95 bits per heavy atom. The standard InChI is InChI=1S/C16H12N4OS/c1-20-13-4-2-3-5-14(13)22-16(20)19-18-15(21)12-8-6-11(10-17)7-9-12/h2-9H,1H3,(H,18,21). The molecular formula is C16H12N4OS. The maximum Gasteiger partial charge on any atom is 0.271 e. The molecule has 6 heteroatoms. The van der Waals surface area contributed by atoms with Crippen molar-refractivity contribution in [1.29, 1.82) is 5.26 Å². The predicted molar refractivity (Wildman–Crippen MR) is 85.0 cm³/mol. The lowest BCUT2D eigenvalue weighted by molar-refractivity contribution is 0.0953. The number of nitrogens with one attached hydrogen (secondary N) is 1. The van der Waals surface area contributed by atoms with Crippen LogP contribution in [0.1, 0.15) is 15.9 Å². The average molecular weight is 308 g/mol. The van der Waals surface area contributed by atoms with Gasteiger partial charge in [-0.25, -0.2) is 5.43 Å². The van der Waals surface area contributed by atoms with Crippen molar-refractivity contribution in [1.82, 2.24) is 9.99 Å². The lowest BCUT2D eigenvalue weighted by atomic mass is 10.1. The van der Waals surface area contributed by atoms with Gasteiger partial charge in [-0.3, -0.25) is 4.79 Å². The molecule has 0 saturated heterocycles. The third-order valence-corrected chi connectivity index (χ3v) is 4.36. The lowest BCUT2D eigenvalue weighted by Crippen LogP contribution is -2.23. The SMILES string of the molecule is Cn1c(=NNC(=O)c2ccc(C#N)cc2)sc2ccccc21. The van der Waals surface area contributed by atoms with Crippen LogP contribution in [0.5, 0.6) is 0 Å². The number of carbonyl (C=O) groups excluding carboxylic acids is 1. The Kier molecular flexibility index (Phi) is 3.73. The van der Waals surface area contributed by atoms with E-state index < -0.39 is 0 Å². The van der Waals surface area contributed by atoms with Gasteiger partial charge < -0.3 is 4.57 Å². The molecule has 3 aromatic rings. The van der Waals surface area contributed by atoms with E-state index in [-0.39, 0.29) is 5.91 Å². The van der Waals surface area contributed by atoms with Gasteiger partial charge in [0, 0.05) is 12.6 Å². The summed E-state index contributed by atoms with van der Waals surface area (Å²) in [6, 6.07) is 16.4. The molecule has 5 nitrogen and oxygen atoms in total. The third kappa shape index (κ3) is 2.62. The van der Waals surface area contributed by atoms with Crippen LogP contribution >= 0.6 is 11.3 Å². The fraction of sp³-hybridized carbons (Fsp3) is 0.0625. The van der Waals surface area contributed by atoms with Crippen molar-refractivity contribution in [2.24, 2.45) is 12.1 Å². The summed E-state index contributed by atoms with van der Waals surface area (Å²) < 4.78 is 3.04. The highest BCUT2D eigenvalue weighted by Crippen LogP contribution is 2.14. The minimum Gasteiger partial charge on any atom is -0.318 e. The number of amides is 1. The minimum absolute atomic E-state index is 0.304. The Bertz CT molecular complexity index is 945. The Balaban J connectivity index is 1.87. The summed E-state index contributed by atoms with van der Waals surface area (Å²) in [7, 11) is 1.91. The highest BCUT2D eigenvalue weighted by atomic mass is 32.1. The zero-order valence-electron chi connectivity index (χ0n) is 11.8. The van der Waals surface area contributed by atoms with Crippen molar-refractivity contribution >= 4 is 27.5 Å². The van der Waals surface area contributed by atoms with Crippen molar-refractivity contribution in [3.8, 4) is 6.07 Å². The van der Waals surface area contributed by atoms with E-state index in [0.717, 1.165) is 10.2 Å². The van der Waals surface area contributed by atoms with Crippen LogP contribution in [-0.2, 0) is 7.05 Å². The largest absolute Gasteiger partial charge is 0.318 e.